The number of aromatic nitrogens is 1. The molecule has 2 aromatic carbocycles. The Bertz CT molecular complexity index is 717. The van der Waals surface area contributed by atoms with Crippen molar-refractivity contribution in [2.24, 2.45) is 0 Å². The summed E-state index contributed by atoms with van der Waals surface area (Å²) in [5, 5.41) is 5.92. The molecule has 1 aromatic heterocycles. The average Bonchev–Trinajstić information content (AvgIpc) is 2.50. The number of benzene rings is 2. The fourth-order valence-electron chi connectivity index (χ4n) is 2.56. The van der Waals surface area contributed by atoms with Crippen LogP contribution in [0.5, 0.6) is 0 Å². The summed E-state index contributed by atoms with van der Waals surface area (Å²) in [6.07, 6.45) is 1.95. The molecule has 0 radical (unpaired) electrons. The average molecular weight is 262 g/mol. The monoisotopic (exact) mass is 262 g/mol. The largest absolute Gasteiger partial charge is 0.309 e. The summed E-state index contributed by atoms with van der Waals surface area (Å²) in [7, 11) is 1.99. The van der Waals surface area contributed by atoms with Crippen LogP contribution in [-0.4, -0.2) is 12.0 Å². The molecule has 2 heteroatoms. The van der Waals surface area contributed by atoms with E-state index in [9.17, 15) is 0 Å². The van der Waals surface area contributed by atoms with Gasteiger partial charge in [0.25, 0.3) is 0 Å². The van der Waals surface area contributed by atoms with Crippen molar-refractivity contribution < 1.29 is 0 Å². The zero-order valence-electron chi connectivity index (χ0n) is 11.8. The van der Waals surface area contributed by atoms with Crippen molar-refractivity contribution in [2.45, 2.75) is 13.0 Å². The summed E-state index contributed by atoms with van der Waals surface area (Å²) in [5.41, 5.74) is 3.49. The molecule has 1 heterocycles. The van der Waals surface area contributed by atoms with Gasteiger partial charge in [0.1, 0.15) is 0 Å². The fraction of sp³-hybridized carbons (Fsp3) is 0.167. The topological polar surface area (TPSA) is 24.9 Å². The third-order valence-electron chi connectivity index (χ3n) is 3.66. The molecule has 100 valence electrons. The van der Waals surface area contributed by atoms with Crippen LogP contribution >= 0.6 is 0 Å². The maximum atomic E-state index is 4.40. The van der Waals surface area contributed by atoms with Gasteiger partial charge in [0.2, 0.25) is 0 Å². The highest BCUT2D eigenvalue weighted by Gasteiger charge is 2.12. The predicted molar refractivity (Wildman–Crippen MR) is 83.8 cm³/mol. The first-order chi connectivity index (χ1) is 9.78. The van der Waals surface area contributed by atoms with Gasteiger partial charge in [-0.05, 0) is 48.0 Å². The van der Waals surface area contributed by atoms with Crippen molar-refractivity contribution in [3.63, 3.8) is 0 Å². The van der Waals surface area contributed by atoms with E-state index >= 15 is 0 Å². The van der Waals surface area contributed by atoms with Gasteiger partial charge in [0.15, 0.2) is 0 Å². The second kappa shape index (κ2) is 5.43. The van der Waals surface area contributed by atoms with Crippen LogP contribution in [0.1, 0.15) is 22.9 Å². The van der Waals surface area contributed by atoms with Crippen molar-refractivity contribution in [1.29, 1.82) is 0 Å². The van der Waals surface area contributed by atoms with E-state index in [1.54, 1.807) is 0 Å². The second-order valence-corrected chi connectivity index (χ2v) is 5.06. The van der Waals surface area contributed by atoms with Crippen LogP contribution < -0.4 is 5.32 Å². The van der Waals surface area contributed by atoms with Gasteiger partial charge in [-0.1, -0.05) is 42.5 Å². The lowest BCUT2D eigenvalue weighted by atomic mass is 9.97. The Kier molecular flexibility index (Phi) is 3.48. The molecule has 0 aliphatic heterocycles. The lowest BCUT2D eigenvalue weighted by Crippen LogP contribution is -2.17. The van der Waals surface area contributed by atoms with Crippen molar-refractivity contribution >= 4 is 10.8 Å². The standard InChI is InChI=1S/C18H18N2/c1-13-7-8-17(12-20-13)18(19-2)16-10-9-14-5-3-4-6-15(14)11-16/h3-12,18-19H,1-2H3. The maximum Gasteiger partial charge on any atom is 0.0589 e. The fourth-order valence-corrected chi connectivity index (χ4v) is 2.56. The van der Waals surface area contributed by atoms with Crippen LogP contribution in [0.25, 0.3) is 10.8 Å². The van der Waals surface area contributed by atoms with Crippen LogP contribution in [0.2, 0.25) is 0 Å². The Balaban J connectivity index is 2.04. The Morgan fingerprint density at radius 2 is 1.65 bits per heavy atom. The van der Waals surface area contributed by atoms with E-state index in [0.717, 1.165) is 5.69 Å². The Morgan fingerprint density at radius 1 is 0.900 bits per heavy atom. The molecule has 0 spiro atoms. The Labute approximate surface area is 119 Å². The Morgan fingerprint density at radius 3 is 2.35 bits per heavy atom. The zero-order valence-corrected chi connectivity index (χ0v) is 11.8. The van der Waals surface area contributed by atoms with Gasteiger partial charge in [0, 0.05) is 11.9 Å². The molecular formula is C18H18N2. The summed E-state index contributed by atoms with van der Waals surface area (Å²) in [6.45, 7) is 2.01. The van der Waals surface area contributed by atoms with Crippen LogP contribution in [0.15, 0.2) is 60.8 Å². The van der Waals surface area contributed by atoms with E-state index in [1.807, 2.05) is 20.2 Å². The molecule has 0 fully saturated rings. The van der Waals surface area contributed by atoms with Gasteiger partial charge in [-0.25, -0.2) is 0 Å². The SMILES string of the molecule is CNC(c1ccc(C)nc1)c1ccc2ccccc2c1. The number of pyridine rings is 1. The molecule has 0 saturated heterocycles. The molecule has 3 aromatic rings. The van der Waals surface area contributed by atoms with Crippen LogP contribution in [-0.2, 0) is 0 Å². The highest BCUT2D eigenvalue weighted by molar-refractivity contribution is 5.83. The van der Waals surface area contributed by atoms with Crippen LogP contribution in [0, 0.1) is 6.92 Å². The normalized spacial score (nSPS) is 12.5. The number of aryl methyl sites for hydroxylation is 1. The summed E-state index contributed by atoms with van der Waals surface area (Å²) in [4.78, 5) is 4.40. The third-order valence-corrected chi connectivity index (χ3v) is 3.66. The second-order valence-electron chi connectivity index (χ2n) is 5.06. The highest BCUT2D eigenvalue weighted by Crippen LogP contribution is 2.25. The molecule has 0 bridgehead atoms. The molecule has 0 saturated carbocycles. The molecule has 2 nitrogen and oxygen atoms in total. The predicted octanol–water partition coefficient (Wildman–Crippen LogP) is 3.85. The quantitative estimate of drug-likeness (QED) is 0.775. The number of fused-ring (bicyclic) bond motifs is 1. The molecular weight excluding hydrogens is 244 g/mol. The summed E-state index contributed by atoms with van der Waals surface area (Å²) in [5.74, 6) is 0. The minimum absolute atomic E-state index is 0.174. The molecule has 3 rings (SSSR count). The first kappa shape index (κ1) is 12.8. The van der Waals surface area contributed by atoms with Crippen molar-refractivity contribution in [3.05, 3.63) is 77.6 Å². The van der Waals surface area contributed by atoms with E-state index in [2.05, 4.69) is 64.9 Å². The van der Waals surface area contributed by atoms with E-state index in [0.29, 0.717) is 0 Å². The van der Waals surface area contributed by atoms with Crippen molar-refractivity contribution in [1.82, 2.24) is 10.3 Å². The Hall–Kier alpha value is -2.19. The van der Waals surface area contributed by atoms with E-state index in [1.165, 1.54) is 21.9 Å². The van der Waals surface area contributed by atoms with Gasteiger partial charge in [-0.2, -0.15) is 0 Å². The van der Waals surface area contributed by atoms with Gasteiger partial charge in [-0.3, -0.25) is 4.98 Å². The lowest BCUT2D eigenvalue weighted by molar-refractivity contribution is 0.689. The maximum absolute atomic E-state index is 4.40. The number of hydrogen-bond acceptors (Lipinski definition) is 2. The van der Waals surface area contributed by atoms with Gasteiger partial charge in [-0.15, -0.1) is 0 Å². The molecule has 0 aliphatic rings. The molecule has 1 unspecified atom stereocenters. The number of nitrogens with one attached hydrogen (secondary N) is 1. The number of nitrogens with zero attached hydrogens (tertiary/aromatic N) is 1. The number of rotatable bonds is 3. The molecule has 1 atom stereocenters. The molecule has 0 amide bonds. The van der Waals surface area contributed by atoms with E-state index in [4.69, 9.17) is 0 Å². The first-order valence-corrected chi connectivity index (χ1v) is 6.86. The molecule has 1 N–H and O–H groups in total. The minimum Gasteiger partial charge on any atom is -0.309 e. The number of hydrogen-bond donors (Lipinski definition) is 1. The van der Waals surface area contributed by atoms with Crippen LogP contribution in [0.4, 0.5) is 0 Å². The highest BCUT2D eigenvalue weighted by atomic mass is 14.9. The summed E-state index contributed by atoms with van der Waals surface area (Å²) in [6, 6.07) is 19.4. The van der Waals surface area contributed by atoms with Crippen molar-refractivity contribution in [2.75, 3.05) is 7.05 Å². The summed E-state index contributed by atoms with van der Waals surface area (Å²) < 4.78 is 0. The van der Waals surface area contributed by atoms with Crippen LogP contribution in [0.3, 0.4) is 0 Å². The van der Waals surface area contributed by atoms with Gasteiger partial charge >= 0.3 is 0 Å². The molecule has 0 aliphatic carbocycles. The van der Waals surface area contributed by atoms with Gasteiger partial charge in [0.05, 0.1) is 6.04 Å². The van der Waals surface area contributed by atoms with E-state index in [-0.39, 0.29) is 6.04 Å². The van der Waals surface area contributed by atoms with Gasteiger partial charge < -0.3 is 5.32 Å². The smallest absolute Gasteiger partial charge is 0.0589 e. The van der Waals surface area contributed by atoms with Crippen molar-refractivity contribution in [3.8, 4) is 0 Å². The summed E-state index contributed by atoms with van der Waals surface area (Å²) >= 11 is 0. The minimum atomic E-state index is 0.174. The van der Waals surface area contributed by atoms with E-state index < -0.39 is 0 Å². The lowest BCUT2D eigenvalue weighted by Gasteiger charge is -2.17. The zero-order chi connectivity index (χ0) is 13.9. The molecule has 20 heavy (non-hydrogen) atoms. The first-order valence-electron chi connectivity index (χ1n) is 6.86. The third kappa shape index (κ3) is 2.43.